The van der Waals surface area contributed by atoms with E-state index in [4.69, 9.17) is 0 Å². The summed E-state index contributed by atoms with van der Waals surface area (Å²) < 4.78 is 0. The molecule has 0 aliphatic rings. The van der Waals surface area contributed by atoms with Crippen molar-refractivity contribution in [2.24, 2.45) is 10.8 Å². The lowest BCUT2D eigenvalue weighted by Crippen LogP contribution is -2.23. The van der Waals surface area contributed by atoms with Crippen molar-refractivity contribution in [3.8, 4) is 0 Å². The van der Waals surface area contributed by atoms with E-state index in [-0.39, 0.29) is 0 Å². The largest absolute Gasteiger partial charge is 0.0654 e. The number of rotatable bonds is 3. The van der Waals surface area contributed by atoms with Gasteiger partial charge in [-0.15, -0.1) is 0 Å². The van der Waals surface area contributed by atoms with Crippen LogP contribution in [0.15, 0.2) is 30.3 Å². The summed E-state index contributed by atoms with van der Waals surface area (Å²) in [6, 6.07) is 10.9. The van der Waals surface area contributed by atoms with Crippen LogP contribution in [0, 0.1) is 10.8 Å². The average molecular weight is 277 g/mol. The van der Waals surface area contributed by atoms with Crippen LogP contribution in [-0.2, 0) is 0 Å². The minimum atomic E-state index is 0.328. The lowest BCUT2D eigenvalue weighted by Gasteiger charge is -2.36. The number of hydrogen-bond donors (Lipinski definition) is 0. The van der Waals surface area contributed by atoms with Crippen molar-refractivity contribution in [3.05, 3.63) is 35.9 Å². The highest BCUT2D eigenvalue weighted by molar-refractivity contribution is 5.21. The van der Waals surface area contributed by atoms with Crippen molar-refractivity contribution in [2.75, 3.05) is 0 Å². The van der Waals surface area contributed by atoms with Crippen LogP contribution in [0.3, 0.4) is 0 Å². The van der Waals surface area contributed by atoms with Crippen LogP contribution >= 0.6 is 0 Å². The van der Waals surface area contributed by atoms with Crippen molar-refractivity contribution in [2.45, 2.75) is 80.6 Å². The summed E-state index contributed by atoms with van der Waals surface area (Å²) in [5.74, 6) is 0.633. The average Bonchev–Trinajstić information content (AvgIpc) is 2.35. The molecule has 0 heterocycles. The highest BCUT2D eigenvalue weighted by Crippen LogP contribution is 2.42. The second kappa shape index (κ2) is 8.49. The Morgan fingerprint density at radius 1 is 0.800 bits per heavy atom. The molecule has 1 aromatic carbocycles. The first-order valence-corrected chi connectivity index (χ1v) is 8.16. The molecule has 0 spiro atoms. The van der Waals surface area contributed by atoms with Gasteiger partial charge < -0.3 is 0 Å². The van der Waals surface area contributed by atoms with Gasteiger partial charge in [0.15, 0.2) is 0 Å². The highest BCUT2D eigenvalue weighted by atomic mass is 14.3. The minimum Gasteiger partial charge on any atom is -0.0654 e. The maximum Gasteiger partial charge on any atom is -0.0108 e. The van der Waals surface area contributed by atoms with Crippen molar-refractivity contribution < 1.29 is 0 Å². The molecule has 0 fully saturated rings. The highest BCUT2D eigenvalue weighted by Gasteiger charge is 2.29. The third-order valence-corrected chi connectivity index (χ3v) is 3.56. The van der Waals surface area contributed by atoms with Gasteiger partial charge >= 0.3 is 0 Å². The van der Waals surface area contributed by atoms with E-state index in [2.05, 4.69) is 85.7 Å². The fourth-order valence-corrected chi connectivity index (χ4v) is 2.22. The molecular formula is C20H36. The zero-order valence-corrected chi connectivity index (χ0v) is 15.1. The minimum absolute atomic E-state index is 0.328. The second-order valence-corrected chi connectivity index (χ2v) is 8.09. The van der Waals surface area contributed by atoms with E-state index in [9.17, 15) is 0 Å². The molecule has 1 atom stereocenters. The van der Waals surface area contributed by atoms with Crippen LogP contribution in [0.5, 0.6) is 0 Å². The van der Waals surface area contributed by atoms with Gasteiger partial charge in [-0.25, -0.2) is 0 Å². The Kier molecular flexibility index (Phi) is 8.16. The first-order valence-electron chi connectivity index (χ1n) is 8.16. The smallest absolute Gasteiger partial charge is 0.0108 e. The van der Waals surface area contributed by atoms with Crippen LogP contribution in [-0.4, -0.2) is 0 Å². The second-order valence-electron chi connectivity index (χ2n) is 8.09. The van der Waals surface area contributed by atoms with Gasteiger partial charge in [-0.3, -0.25) is 0 Å². The van der Waals surface area contributed by atoms with Crippen LogP contribution in [0.1, 0.15) is 86.1 Å². The maximum atomic E-state index is 2.34. The van der Waals surface area contributed by atoms with E-state index in [0.29, 0.717) is 16.7 Å². The summed E-state index contributed by atoms with van der Waals surface area (Å²) in [6.07, 6.45) is 3.88. The molecule has 0 radical (unpaired) electrons. The molecule has 0 saturated heterocycles. The van der Waals surface area contributed by atoms with Gasteiger partial charge in [0.2, 0.25) is 0 Å². The van der Waals surface area contributed by atoms with Crippen molar-refractivity contribution in [3.63, 3.8) is 0 Å². The van der Waals surface area contributed by atoms with E-state index < -0.39 is 0 Å². The molecule has 1 rings (SSSR count). The Hall–Kier alpha value is -0.780. The van der Waals surface area contributed by atoms with E-state index in [1.54, 1.807) is 0 Å². The monoisotopic (exact) mass is 276 g/mol. The van der Waals surface area contributed by atoms with E-state index in [1.807, 2.05) is 0 Å². The normalized spacial score (nSPS) is 13.4. The third-order valence-electron chi connectivity index (χ3n) is 3.56. The van der Waals surface area contributed by atoms with E-state index in [0.717, 1.165) is 0 Å². The van der Waals surface area contributed by atoms with Crippen molar-refractivity contribution >= 4 is 0 Å². The van der Waals surface area contributed by atoms with Crippen molar-refractivity contribution in [1.82, 2.24) is 0 Å². The molecule has 0 N–H and O–H groups in total. The number of unbranched alkanes of at least 4 members (excludes halogenated alkanes) is 1. The first-order chi connectivity index (χ1) is 9.11. The van der Waals surface area contributed by atoms with Gasteiger partial charge in [-0.05, 0) is 28.7 Å². The first kappa shape index (κ1) is 19.2. The Morgan fingerprint density at radius 2 is 1.25 bits per heavy atom. The molecule has 0 aliphatic heterocycles. The number of hydrogen-bond acceptors (Lipinski definition) is 0. The van der Waals surface area contributed by atoms with Gasteiger partial charge in [-0.2, -0.15) is 0 Å². The summed E-state index contributed by atoms with van der Waals surface area (Å²) in [6.45, 7) is 18.4. The summed E-state index contributed by atoms with van der Waals surface area (Å²) in [7, 11) is 0. The Morgan fingerprint density at radius 3 is 1.55 bits per heavy atom. The molecule has 0 amide bonds. The standard InChI is InChI=1S/C16H26.C4H10/c1-15(2,3)12-14(16(4,5)6)13-10-8-7-9-11-13;1-3-4-2/h7-11,14H,12H2,1-6H3;3-4H2,1-2H3. The van der Waals surface area contributed by atoms with Gasteiger partial charge in [0.25, 0.3) is 0 Å². The van der Waals surface area contributed by atoms with Gasteiger partial charge in [-0.1, -0.05) is 98.6 Å². The molecule has 20 heavy (non-hydrogen) atoms. The molecule has 0 nitrogen and oxygen atoms in total. The summed E-state index contributed by atoms with van der Waals surface area (Å²) >= 11 is 0. The zero-order chi connectivity index (χ0) is 15.8. The van der Waals surface area contributed by atoms with Gasteiger partial charge in [0.05, 0.1) is 0 Å². The predicted octanol–water partition coefficient (Wildman–Crippen LogP) is 7.06. The van der Waals surface area contributed by atoms with Gasteiger partial charge in [0.1, 0.15) is 0 Å². The Labute approximate surface area is 128 Å². The zero-order valence-electron chi connectivity index (χ0n) is 15.1. The molecule has 0 bridgehead atoms. The van der Waals surface area contributed by atoms with Crippen LogP contribution < -0.4 is 0 Å². The summed E-state index contributed by atoms with van der Waals surface area (Å²) in [4.78, 5) is 0. The summed E-state index contributed by atoms with van der Waals surface area (Å²) in [5, 5.41) is 0. The van der Waals surface area contributed by atoms with Crippen LogP contribution in [0.25, 0.3) is 0 Å². The van der Waals surface area contributed by atoms with Crippen LogP contribution in [0.4, 0.5) is 0 Å². The maximum absolute atomic E-state index is 2.34. The molecule has 0 aliphatic carbocycles. The Balaban J connectivity index is 0.000000796. The topological polar surface area (TPSA) is 0 Å². The summed E-state index contributed by atoms with van der Waals surface area (Å²) in [5.41, 5.74) is 2.19. The SMILES string of the molecule is CC(C)(C)CC(c1ccccc1)C(C)(C)C.CCCC. The molecule has 0 saturated carbocycles. The molecule has 1 aromatic rings. The number of benzene rings is 1. The molecule has 1 unspecified atom stereocenters. The molecular weight excluding hydrogens is 240 g/mol. The molecule has 0 heteroatoms. The predicted molar refractivity (Wildman–Crippen MR) is 93.3 cm³/mol. The van der Waals surface area contributed by atoms with Crippen molar-refractivity contribution in [1.29, 1.82) is 0 Å². The van der Waals surface area contributed by atoms with Gasteiger partial charge in [0, 0.05) is 0 Å². The molecule has 0 aromatic heterocycles. The lowest BCUT2D eigenvalue weighted by atomic mass is 9.69. The molecule has 116 valence electrons. The third kappa shape index (κ3) is 8.40. The van der Waals surface area contributed by atoms with E-state index >= 15 is 0 Å². The Bertz CT molecular complexity index is 333. The quantitative estimate of drug-likeness (QED) is 0.554. The van der Waals surface area contributed by atoms with Crippen LogP contribution in [0.2, 0.25) is 0 Å². The van der Waals surface area contributed by atoms with E-state index in [1.165, 1.54) is 24.8 Å². The fourth-order valence-electron chi connectivity index (χ4n) is 2.22. The fraction of sp³-hybridized carbons (Fsp3) is 0.700. The lowest BCUT2D eigenvalue weighted by molar-refractivity contribution is 0.229.